The summed E-state index contributed by atoms with van der Waals surface area (Å²) >= 11 is 3.29. The van der Waals surface area contributed by atoms with Gasteiger partial charge in [0.05, 0.1) is 9.88 Å². The van der Waals surface area contributed by atoms with Crippen LogP contribution >= 0.6 is 22.7 Å². The highest BCUT2D eigenvalue weighted by Crippen LogP contribution is 2.37. The number of carbonyl (C=O) groups is 1. The number of Topliss-reactive ketones (excluding diaryl/α,β-unsaturated/α-hetero) is 1. The van der Waals surface area contributed by atoms with E-state index in [4.69, 9.17) is 0 Å². The summed E-state index contributed by atoms with van der Waals surface area (Å²) in [7, 11) is 0. The third kappa shape index (κ3) is 1.96. The number of thiazole rings is 1. The molecule has 3 rings (SSSR count). The van der Waals surface area contributed by atoms with Gasteiger partial charge in [0.1, 0.15) is 0 Å². The molecule has 0 amide bonds. The lowest BCUT2D eigenvalue weighted by Gasteiger charge is -2.20. The number of rotatable bonds is 2. The first-order chi connectivity index (χ1) is 8.25. The maximum absolute atomic E-state index is 12.4. The normalized spacial score (nSPS) is 19.0. The lowest BCUT2D eigenvalue weighted by atomic mass is 9.84. The summed E-state index contributed by atoms with van der Waals surface area (Å²) in [5.41, 5.74) is 1.26. The van der Waals surface area contributed by atoms with Crippen LogP contribution in [0.4, 0.5) is 0 Å². The summed E-state index contributed by atoms with van der Waals surface area (Å²) < 4.78 is 0. The molecule has 4 heteroatoms. The molecule has 17 heavy (non-hydrogen) atoms. The Bertz CT molecular complexity index is 555. The van der Waals surface area contributed by atoms with Crippen molar-refractivity contribution >= 4 is 28.5 Å². The lowest BCUT2D eigenvalue weighted by molar-refractivity contribution is 0.0955. The Morgan fingerprint density at radius 3 is 3.18 bits per heavy atom. The van der Waals surface area contributed by atoms with E-state index >= 15 is 0 Å². The van der Waals surface area contributed by atoms with E-state index in [1.54, 1.807) is 17.5 Å². The zero-order valence-corrected chi connectivity index (χ0v) is 11.2. The summed E-state index contributed by atoms with van der Waals surface area (Å²) in [6, 6.07) is 2.12. The van der Waals surface area contributed by atoms with Crippen LogP contribution in [-0.2, 0) is 6.42 Å². The van der Waals surface area contributed by atoms with Gasteiger partial charge in [-0.15, -0.1) is 22.7 Å². The largest absolute Gasteiger partial charge is 0.293 e. The molecule has 0 fully saturated rings. The van der Waals surface area contributed by atoms with Crippen LogP contribution < -0.4 is 0 Å². The Balaban J connectivity index is 1.94. The predicted molar refractivity (Wildman–Crippen MR) is 71.2 cm³/mol. The van der Waals surface area contributed by atoms with E-state index in [1.807, 2.05) is 6.92 Å². The highest BCUT2D eigenvalue weighted by Gasteiger charge is 2.28. The molecule has 2 aromatic heterocycles. The summed E-state index contributed by atoms with van der Waals surface area (Å²) in [6.07, 6.45) is 4.97. The van der Waals surface area contributed by atoms with Crippen LogP contribution in [0.2, 0.25) is 0 Å². The molecule has 0 spiro atoms. The third-order valence-electron chi connectivity index (χ3n) is 3.23. The molecule has 0 aliphatic heterocycles. The van der Waals surface area contributed by atoms with Gasteiger partial charge in [-0.25, -0.2) is 4.98 Å². The van der Waals surface area contributed by atoms with Crippen molar-refractivity contribution in [1.82, 2.24) is 4.98 Å². The zero-order valence-electron chi connectivity index (χ0n) is 9.60. The minimum atomic E-state index is 0.0739. The van der Waals surface area contributed by atoms with Gasteiger partial charge >= 0.3 is 0 Å². The molecule has 0 saturated carbocycles. The molecule has 0 saturated heterocycles. The highest BCUT2D eigenvalue weighted by atomic mass is 32.1. The Morgan fingerprint density at radius 1 is 1.53 bits per heavy atom. The first kappa shape index (κ1) is 11.1. The third-order valence-corrected chi connectivity index (χ3v) is 5.16. The Morgan fingerprint density at radius 2 is 2.41 bits per heavy atom. The molecule has 1 atom stereocenters. The number of ketones is 1. The van der Waals surface area contributed by atoms with Crippen LogP contribution in [0, 0.1) is 6.92 Å². The van der Waals surface area contributed by atoms with Crippen LogP contribution in [0.25, 0.3) is 0 Å². The molecule has 0 N–H and O–H groups in total. The number of aryl methyl sites for hydroxylation is 2. The van der Waals surface area contributed by atoms with Crippen LogP contribution in [0.5, 0.6) is 0 Å². The molecule has 2 heterocycles. The fourth-order valence-electron chi connectivity index (χ4n) is 2.41. The fraction of sp³-hybridized carbons (Fsp3) is 0.385. The van der Waals surface area contributed by atoms with Crippen LogP contribution in [-0.4, -0.2) is 10.8 Å². The SMILES string of the molecule is Cc1ncc(C(=O)C2CCCc3sccc32)s1. The molecule has 0 radical (unpaired) electrons. The summed E-state index contributed by atoms with van der Waals surface area (Å²) in [4.78, 5) is 18.8. The van der Waals surface area contributed by atoms with Crippen molar-refractivity contribution in [2.45, 2.75) is 32.1 Å². The van der Waals surface area contributed by atoms with Gasteiger partial charge in [0.2, 0.25) is 0 Å². The topological polar surface area (TPSA) is 30.0 Å². The van der Waals surface area contributed by atoms with Gasteiger partial charge in [-0.3, -0.25) is 4.79 Å². The molecular weight excluding hydrogens is 250 g/mol. The van der Waals surface area contributed by atoms with Crippen molar-refractivity contribution in [3.05, 3.63) is 38.0 Å². The molecule has 1 unspecified atom stereocenters. The number of nitrogens with zero attached hydrogens (tertiary/aromatic N) is 1. The van der Waals surface area contributed by atoms with Crippen LogP contribution in [0.15, 0.2) is 17.6 Å². The van der Waals surface area contributed by atoms with Gasteiger partial charge < -0.3 is 0 Å². The molecule has 0 aromatic carbocycles. The average molecular weight is 263 g/mol. The van der Waals surface area contributed by atoms with Gasteiger partial charge in [-0.05, 0) is 43.2 Å². The lowest BCUT2D eigenvalue weighted by Crippen LogP contribution is -2.16. The number of thiophene rings is 1. The Hall–Kier alpha value is -1.00. The van der Waals surface area contributed by atoms with Crippen molar-refractivity contribution in [2.24, 2.45) is 0 Å². The second-order valence-corrected chi connectivity index (χ2v) is 6.59. The van der Waals surface area contributed by atoms with Crippen molar-refractivity contribution in [1.29, 1.82) is 0 Å². The summed E-state index contributed by atoms with van der Waals surface area (Å²) in [5, 5.41) is 3.07. The maximum atomic E-state index is 12.4. The van der Waals surface area contributed by atoms with E-state index in [9.17, 15) is 4.79 Å². The number of carbonyl (C=O) groups excluding carboxylic acids is 1. The van der Waals surface area contributed by atoms with E-state index < -0.39 is 0 Å². The van der Waals surface area contributed by atoms with Crippen LogP contribution in [0.3, 0.4) is 0 Å². The maximum Gasteiger partial charge on any atom is 0.181 e. The first-order valence-electron chi connectivity index (χ1n) is 5.78. The van der Waals surface area contributed by atoms with E-state index in [2.05, 4.69) is 16.4 Å². The molecule has 0 bridgehead atoms. The van der Waals surface area contributed by atoms with E-state index in [0.29, 0.717) is 0 Å². The van der Waals surface area contributed by atoms with Crippen molar-refractivity contribution in [3.63, 3.8) is 0 Å². The minimum Gasteiger partial charge on any atom is -0.293 e. The first-order valence-corrected chi connectivity index (χ1v) is 7.48. The number of fused-ring (bicyclic) bond motifs is 1. The monoisotopic (exact) mass is 263 g/mol. The predicted octanol–water partition coefficient (Wildman–Crippen LogP) is 3.82. The summed E-state index contributed by atoms with van der Waals surface area (Å²) in [6.45, 7) is 1.94. The minimum absolute atomic E-state index is 0.0739. The van der Waals surface area contributed by atoms with E-state index in [1.165, 1.54) is 21.8 Å². The van der Waals surface area contributed by atoms with E-state index in [0.717, 1.165) is 29.1 Å². The molecular formula is C13H13NOS2. The number of aromatic nitrogens is 1. The van der Waals surface area contributed by atoms with Gasteiger partial charge in [0, 0.05) is 17.0 Å². The van der Waals surface area contributed by atoms with Crippen LogP contribution in [0.1, 0.15) is 43.9 Å². The van der Waals surface area contributed by atoms with Crippen molar-refractivity contribution < 1.29 is 4.79 Å². The Labute approximate surface area is 108 Å². The standard InChI is InChI=1S/C13H13NOS2/c1-8-14-7-12(17-8)13(15)10-3-2-4-11-9(10)5-6-16-11/h5-7,10H,2-4H2,1H3. The van der Waals surface area contributed by atoms with Crippen molar-refractivity contribution in [3.8, 4) is 0 Å². The second kappa shape index (κ2) is 4.35. The quantitative estimate of drug-likeness (QED) is 0.771. The zero-order chi connectivity index (χ0) is 11.8. The number of hydrogen-bond acceptors (Lipinski definition) is 4. The average Bonchev–Trinajstić information content (AvgIpc) is 2.95. The molecule has 2 aromatic rings. The van der Waals surface area contributed by atoms with Gasteiger partial charge in [0.15, 0.2) is 5.78 Å². The smallest absolute Gasteiger partial charge is 0.181 e. The van der Waals surface area contributed by atoms with Gasteiger partial charge in [0.25, 0.3) is 0 Å². The van der Waals surface area contributed by atoms with Crippen molar-refractivity contribution in [2.75, 3.05) is 0 Å². The molecule has 1 aliphatic rings. The second-order valence-electron chi connectivity index (χ2n) is 4.35. The molecule has 2 nitrogen and oxygen atoms in total. The van der Waals surface area contributed by atoms with E-state index in [-0.39, 0.29) is 11.7 Å². The fourth-order valence-corrected chi connectivity index (χ4v) is 4.17. The van der Waals surface area contributed by atoms with Gasteiger partial charge in [-0.1, -0.05) is 0 Å². The Kier molecular flexibility index (Phi) is 2.84. The number of hydrogen-bond donors (Lipinski definition) is 0. The van der Waals surface area contributed by atoms with Gasteiger partial charge in [-0.2, -0.15) is 0 Å². The summed E-state index contributed by atoms with van der Waals surface area (Å²) in [5.74, 6) is 0.333. The molecule has 88 valence electrons. The highest BCUT2D eigenvalue weighted by molar-refractivity contribution is 7.13. The molecule has 1 aliphatic carbocycles.